The van der Waals surface area contributed by atoms with Gasteiger partial charge in [0.1, 0.15) is 10.6 Å². The summed E-state index contributed by atoms with van der Waals surface area (Å²) in [4.78, 5) is 10.8. The zero-order chi connectivity index (χ0) is 13.8. The van der Waals surface area contributed by atoms with E-state index >= 15 is 0 Å². The molecule has 0 aliphatic heterocycles. The molecule has 0 bridgehead atoms. The standard InChI is InChI=1S/C12H19N5OS/c1-7(18)4-3-5-14-10-9-6-8(2)19-11(9)16-12(15-10)17-13/h6-7,18H,3-5,13H2,1-2H3,(H2,14,15,16,17). The highest BCUT2D eigenvalue weighted by atomic mass is 32.1. The molecule has 1 atom stereocenters. The van der Waals surface area contributed by atoms with E-state index in [4.69, 9.17) is 5.84 Å². The first-order chi connectivity index (χ1) is 9.10. The quantitative estimate of drug-likeness (QED) is 0.367. The van der Waals surface area contributed by atoms with Crippen molar-refractivity contribution >= 4 is 33.3 Å². The van der Waals surface area contributed by atoms with E-state index in [1.54, 1.807) is 18.3 Å². The highest BCUT2D eigenvalue weighted by molar-refractivity contribution is 7.18. The molecule has 1 unspecified atom stereocenters. The lowest BCUT2D eigenvalue weighted by molar-refractivity contribution is 0.183. The number of nitrogens with two attached hydrogens (primary N) is 1. The number of anilines is 2. The Morgan fingerprint density at radius 1 is 1.47 bits per heavy atom. The first-order valence-electron chi connectivity index (χ1n) is 6.27. The van der Waals surface area contributed by atoms with Gasteiger partial charge in [0.25, 0.3) is 0 Å². The molecule has 7 heteroatoms. The Hall–Kier alpha value is -1.44. The molecular formula is C12H19N5OS. The maximum Gasteiger partial charge on any atom is 0.240 e. The van der Waals surface area contributed by atoms with Crippen molar-refractivity contribution in [2.75, 3.05) is 17.3 Å². The number of aryl methyl sites for hydroxylation is 1. The summed E-state index contributed by atoms with van der Waals surface area (Å²) in [6.45, 7) is 4.59. The molecule has 0 radical (unpaired) electrons. The summed E-state index contributed by atoms with van der Waals surface area (Å²) in [5, 5.41) is 13.5. The Morgan fingerprint density at radius 3 is 2.95 bits per heavy atom. The molecule has 2 aromatic heterocycles. The molecule has 104 valence electrons. The molecule has 5 N–H and O–H groups in total. The molecule has 19 heavy (non-hydrogen) atoms. The van der Waals surface area contributed by atoms with Gasteiger partial charge in [-0.25, -0.2) is 10.8 Å². The van der Waals surface area contributed by atoms with Gasteiger partial charge in [0, 0.05) is 11.4 Å². The second-order valence-electron chi connectivity index (χ2n) is 4.53. The Balaban J connectivity index is 2.15. The first kappa shape index (κ1) is 14.0. The van der Waals surface area contributed by atoms with E-state index in [2.05, 4.69) is 26.8 Å². The van der Waals surface area contributed by atoms with Crippen LogP contribution in [0.5, 0.6) is 0 Å². The molecule has 2 rings (SSSR count). The second kappa shape index (κ2) is 6.14. The smallest absolute Gasteiger partial charge is 0.240 e. The molecular weight excluding hydrogens is 262 g/mol. The normalized spacial score (nSPS) is 12.6. The van der Waals surface area contributed by atoms with Gasteiger partial charge in [-0.1, -0.05) is 0 Å². The van der Waals surface area contributed by atoms with Crippen molar-refractivity contribution in [3.63, 3.8) is 0 Å². The van der Waals surface area contributed by atoms with Crippen LogP contribution in [0, 0.1) is 6.92 Å². The number of aliphatic hydroxyl groups excluding tert-OH is 1. The summed E-state index contributed by atoms with van der Waals surface area (Å²) in [6.07, 6.45) is 1.39. The van der Waals surface area contributed by atoms with Crippen LogP contribution in [-0.2, 0) is 0 Å². The molecule has 0 aliphatic carbocycles. The number of fused-ring (bicyclic) bond motifs is 1. The Bertz CT molecular complexity index is 554. The van der Waals surface area contributed by atoms with Gasteiger partial charge in [-0.05, 0) is 32.8 Å². The third-order valence-electron chi connectivity index (χ3n) is 2.74. The summed E-state index contributed by atoms with van der Waals surface area (Å²) < 4.78 is 0. The summed E-state index contributed by atoms with van der Waals surface area (Å²) in [6, 6.07) is 2.07. The van der Waals surface area contributed by atoms with Crippen molar-refractivity contribution in [3.05, 3.63) is 10.9 Å². The number of hydrogen-bond donors (Lipinski definition) is 4. The summed E-state index contributed by atoms with van der Waals surface area (Å²) in [7, 11) is 0. The minimum Gasteiger partial charge on any atom is -0.393 e. The molecule has 0 aliphatic rings. The average molecular weight is 281 g/mol. The maximum atomic E-state index is 9.23. The average Bonchev–Trinajstić information content (AvgIpc) is 2.74. The number of nitrogen functional groups attached to an aromatic ring is 1. The van der Waals surface area contributed by atoms with Crippen molar-refractivity contribution in [2.45, 2.75) is 32.8 Å². The van der Waals surface area contributed by atoms with Gasteiger partial charge in [-0.2, -0.15) is 4.98 Å². The fourth-order valence-electron chi connectivity index (χ4n) is 1.85. The van der Waals surface area contributed by atoms with E-state index in [0.29, 0.717) is 5.95 Å². The predicted molar refractivity (Wildman–Crippen MR) is 79.4 cm³/mol. The number of nitrogens with zero attached hydrogens (tertiary/aromatic N) is 2. The fourth-order valence-corrected chi connectivity index (χ4v) is 2.72. The van der Waals surface area contributed by atoms with E-state index < -0.39 is 0 Å². The van der Waals surface area contributed by atoms with Gasteiger partial charge in [-0.3, -0.25) is 5.43 Å². The van der Waals surface area contributed by atoms with Crippen LogP contribution in [0.1, 0.15) is 24.6 Å². The molecule has 2 heterocycles. The number of aromatic nitrogens is 2. The second-order valence-corrected chi connectivity index (χ2v) is 5.77. The van der Waals surface area contributed by atoms with Crippen LogP contribution >= 0.6 is 11.3 Å². The molecule has 0 amide bonds. The Kier molecular flexibility index (Phi) is 4.52. The van der Waals surface area contributed by atoms with Crippen LogP contribution in [0.3, 0.4) is 0 Å². The van der Waals surface area contributed by atoms with Crippen LogP contribution in [0.4, 0.5) is 11.8 Å². The number of hydrazine groups is 1. The van der Waals surface area contributed by atoms with E-state index in [9.17, 15) is 5.11 Å². The number of nitrogens with one attached hydrogen (secondary N) is 2. The SMILES string of the molecule is Cc1cc2c(NCCCC(C)O)nc(NN)nc2s1. The fraction of sp³-hybridized carbons (Fsp3) is 0.500. The van der Waals surface area contributed by atoms with Crippen molar-refractivity contribution in [3.8, 4) is 0 Å². The van der Waals surface area contributed by atoms with Crippen LogP contribution in [0.2, 0.25) is 0 Å². The Morgan fingerprint density at radius 2 is 2.26 bits per heavy atom. The van der Waals surface area contributed by atoms with E-state index in [-0.39, 0.29) is 6.10 Å². The van der Waals surface area contributed by atoms with Gasteiger partial charge >= 0.3 is 0 Å². The highest BCUT2D eigenvalue weighted by Crippen LogP contribution is 2.29. The third kappa shape index (κ3) is 3.52. The van der Waals surface area contributed by atoms with Crippen LogP contribution in [0.15, 0.2) is 6.07 Å². The van der Waals surface area contributed by atoms with Gasteiger partial charge in [-0.15, -0.1) is 11.3 Å². The van der Waals surface area contributed by atoms with Crippen molar-refractivity contribution < 1.29 is 5.11 Å². The van der Waals surface area contributed by atoms with Crippen molar-refractivity contribution in [2.24, 2.45) is 5.84 Å². The van der Waals surface area contributed by atoms with Gasteiger partial charge in [0.15, 0.2) is 0 Å². The molecule has 0 saturated heterocycles. The van der Waals surface area contributed by atoms with E-state index in [0.717, 1.165) is 35.4 Å². The number of hydrogen-bond acceptors (Lipinski definition) is 7. The number of thiophene rings is 1. The minimum absolute atomic E-state index is 0.267. The van der Waals surface area contributed by atoms with Crippen molar-refractivity contribution in [1.29, 1.82) is 0 Å². The van der Waals surface area contributed by atoms with Crippen LogP contribution < -0.4 is 16.6 Å². The highest BCUT2D eigenvalue weighted by Gasteiger charge is 2.09. The summed E-state index contributed by atoms with van der Waals surface area (Å²) in [5.74, 6) is 6.57. The molecule has 2 aromatic rings. The zero-order valence-electron chi connectivity index (χ0n) is 11.1. The number of rotatable bonds is 6. The molecule has 0 spiro atoms. The molecule has 0 fully saturated rings. The molecule has 0 saturated carbocycles. The van der Waals surface area contributed by atoms with Gasteiger partial charge < -0.3 is 10.4 Å². The molecule has 0 aromatic carbocycles. The first-order valence-corrected chi connectivity index (χ1v) is 7.08. The minimum atomic E-state index is -0.267. The lowest BCUT2D eigenvalue weighted by atomic mass is 10.2. The lowest BCUT2D eigenvalue weighted by Crippen LogP contribution is -2.13. The monoisotopic (exact) mass is 281 g/mol. The zero-order valence-corrected chi connectivity index (χ0v) is 11.9. The number of aliphatic hydroxyl groups is 1. The predicted octanol–water partition coefficient (Wildman–Crippen LogP) is 1.86. The summed E-state index contributed by atoms with van der Waals surface area (Å²) >= 11 is 1.61. The molecule has 6 nitrogen and oxygen atoms in total. The Labute approximate surface area is 116 Å². The van der Waals surface area contributed by atoms with Crippen molar-refractivity contribution in [1.82, 2.24) is 9.97 Å². The maximum absolute atomic E-state index is 9.23. The van der Waals surface area contributed by atoms with E-state index in [1.165, 1.54) is 4.88 Å². The van der Waals surface area contributed by atoms with Crippen LogP contribution in [0.25, 0.3) is 10.2 Å². The summed E-state index contributed by atoms with van der Waals surface area (Å²) in [5.41, 5.74) is 2.48. The van der Waals surface area contributed by atoms with E-state index in [1.807, 2.05) is 6.92 Å². The van der Waals surface area contributed by atoms with Gasteiger partial charge in [0.2, 0.25) is 5.95 Å². The largest absolute Gasteiger partial charge is 0.393 e. The van der Waals surface area contributed by atoms with Crippen LogP contribution in [-0.4, -0.2) is 27.7 Å². The van der Waals surface area contributed by atoms with Gasteiger partial charge in [0.05, 0.1) is 11.5 Å². The lowest BCUT2D eigenvalue weighted by Gasteiger charge is -2.09. The third-order valence-corrected chi connectivity index (χ3v) is 3.68. The topological polar surface area (TPSA) is 96.1 Å².